The third-order valence-electron chi connectivity index (χ3n) is 1.82. The van der Waals surface area contributed by atoms with Crippen molar-refractivity contribution in [2.45, 2.75) is 18.7 Å². The van der Waals surface area contributed by atoms with Crippen LogP contribution >= 0.6 is 0 Å². The second-order valence-corrected chi connectivity index (χ2v) is 4.98. The van der Waals surface area contributed by atoms with Crippen molar-refractivity contribution in [3.05, 3.63) is 29.8 Å². The molecule has 1 rings (SSSR count). The fraction of sp³-hybridized carbons (Fsp3) is 0.400. The summed E-state index contributed by atoms with van der Waals surface area (Å²) in [6, 6.07) is 6.75. The molecule has 14 heavy (non-hydrogen) atoms. The summed E-state index contributed by atoms with van der Waals surface area (Å²) in [4.78, 5) is 0.316. The SMILES string of the molecule is CCOCS(=O)(=O)c1ccc(C)cc1. The first-order valence-corrected chi connectivity index (χ1v) is 6.08. The number of aryl methyl sites for hydroxylation is 1. The summed E-state index contributed by atoms with van der Waals surface area (Å²) in [5, 5.41) is 0. The molecule has 1 aromatic rings. The molecule has 0 amide bonds. The molecule has 0 aliphatic heterocycles. The second-order valence-electron chi connectivity index (χ2n) is 3.04. The number of rotatable bonds is 4. The Morgan fingerprint density at radius 2 is 1.79 bits per heavy atom. The van der Waals surface area contributed by atoms with Gasteiger partial charge in [0, 0.05) is 6.61 Å². The quantitative estimate of drug-likeness (QED) is 0.767. The standard InChI is InChI=1S/C10H14O3S/c1-3-13-8-14(11,12)10-6-4-9(2)5-7-10/h4-7H,3,8H2,1-2H3. The Balaban J connectivity index is 2.87. The molecule has 0 aliphatic rings. The predicted octanol–water partition coefficient (Wildman–Crippen LogP) is 1.76. The largest absolute Gasteiger partial charge is 0.365 e. The minimum atomic E-state index is -3.26. The third-order valence-corrected chi connectivity index (χ3v) is 3.29. The van der Waals surface area contributed by atoms with Gasteiger partial charge in [-0.2, -0.15) is 0 Å². The van der Waals surface area contributed by atoms with E-state index in [9.17, 15) is 8.42 Å². The van der Waals surface area contributed by atoms with Gasteiger partial charge in [0.2, 0.25) is 9.84 Å². The fourth-order valence-corrected chi connectivity index (χ4v) is 2.08. The van der Waals surface area contributed by atoms with Crippen LogP contribution in [0.15, 0.2) is 29.2 Å². The number of sulfone groups is 1. The molecule has 0 aromatic heterocycles. The van der Waals surface area contributed by atoms with Crippen LogP contribution < -0.4 is 0 Å². The molecule has 1 aromatic carbocycles. The van der Waals surface area contributed by atoms with E-state index in [-0.39, 0.29) is 5.94 Å². The molecule has 0 radical (unpaired) electrons. The van der Waals surface area contributed by atoms with Crippen LogP contribution in [0.1, 0.15) is 12.5 Å². The Morgan fingerprint density at radius 3 is 2.29 bits per heavy atom. The van der Waals surface area contributed by atoms with Gasteiger partial charge in [0.15, 0.2) is 5.94 Å². The van der Waals surface area contributed by atoms with Gasteiger partial charge in [-0.05, 0) is 26.0 Å². The van der Waals surface area contributed by atoms with E-state index in [0.717, 1.165) is 5.56 Å². The molecule has 0 spiro atoms. The molecule has 0 N–H and O–H groups in total. The molecule has 0 bridgehead atoms. The highest BCUT2D eigenvalue weighted by atomic mass is 32.2. The van der Waals surface area contributed by atoms with Gasteiger partial charge in [0.25, 0.3) is 0 Å². The van der Waals surface area contributed by atoms with Crippen molar-refractivity contribution in [3.8, 4) is 0 Å². The van der Waals surface area contributed by atoms with Crippen molar-refractivity contribution in [2.75, 3.05) is 12.5 Å². The van der Waals surface area contributed by atoms with Crippen molar-refractivity contribution in [3.63, 3.8) is 0 Å². The molecule has 0 atom stereocenters. The molecule has 0 aliphatic carbocycles. The number of ether oxygens (including phenoxy) is 1. The van der Waals surface area contributed by atoms with E-state index in [0.29, 0.717) is 11.5 Å². The normalized spacial score (nSPS) is 11.6. The summed E-state index contributed by atoms with van der Waals surface area (Å²) >= 11 is 0. The summed E-state index contributed by atoms with van der Waals surface area (Å²) in [7, 11) is -3.26. The van der Waals surface area contributed by atoms with Gasteiger partial charge in [0.05, 0.1) is 4.90 Å². The molecule has 4 heteroatoms. The summed E-state index contributed by atoms with van der Waals surface area (Å²) in [5.41, 5.74) is 1.04. The smallest absolute Gasteiger partial charge is 0.202 e. The van der Waals surface area contributed by atoms with Crippen molar-refractivity contribution in [2.24, 2.45) is 0 Å². The first kappa shape index (κ1) is 11.2. The van der Waals surface area contributed by atoms with E-state index in [1.807, 2.05) is 6.92 Å². The maximum atomic E-state index is 11.6. The zero-order chi connectivity index (χ0) is 10.6. The van der Waals surface area contributed by atoms with E-state index >= 15 is 0 Å². The fourth-order valence-electron chi connectivity index (χ4n) is 1.01. The lowest BCUT2D eigenvalue weighted by Crippen LogP contribution is -2.09. The minimum Gasteiger partial charge on any atom is -0.365 e. The number of hydrogen-bond donors (Lipinski definition) is 0. The van der Waals surface area contributed by atoms with Gasteiger partial charge in [-0.15, -0.1) is 0 Å². The van der Waals surface area contributed by atoms with Gasteiger partial charge < -0.3 is 4.74 Å². The predicted molar refractivity (Wildman–Crippen MR) is 54.9 cm³/mol. The van der Waals surface area contributed by atoms with Crippen LogP contribution in [0.5, 0.6) is 0 Å². The Labute approximate surface area is 84.6 Å². The first-order valence-electron chi connectivity index (χ1n) is 4.43. The van der Waals surface area contributed by atoms with Gasteiger partial charge in [-0.3, -0.25) is 0 Å². The molecule has 0 saturated heterocycles. The average molecular weight is 214 g/mol. The lowest BCUT2D eigenvalue weighted by Gasteiger charge is -2.04. The van der Waals surface area contributed by atoms with Crippen molar-refractivity contribution in [1.82, 2.24) is 0 Å². The van der Waals surface area contributed by atoms with E-state index < -0.39 is 9.84 Å². The Kier molecular flexibility index (Phi) is 3.66. The molecule has 0 fully saturated rings. The molecular formula is C10H14O3S. The van der Waals surface area contributed by atoms with Crippen molar-refractivity contribution in [1.29, 1.82) is 0 Å². The summed E-state index contributed by atoms with van der Waals surface area (Å²) in [6.07, 6.45) is 0. The molecule has 78 valence electrons. The maximum Gasteiger partial charge on any atom is 0.202 e. The lowest BCUT2D eigenvalue weighted by molar-refractivity contribution is 0.192. The molecule has 0 unspecified atom stereocenters. The monoisotopic (exact) mass is 214 g/mol. The van der Waals surface area contributed by atoms with E-state index in [1.54, 1.807) is 31.2 Å². The molecular weight excluding hydrogens is 200 g/mol. The van der Waals surface area contributed by atoms with Gasteiger partial charge in [0.1, 0.15) is 0 Å². The third kappa shape index (κ3) is 2.82. The van der Waals surface area contributed by atoms with Crippen LogP contribution in [0.2, 0.25) is 0 Å². The number of benzene rings is 1. The van der Waals surface area contributed by atoms with Crippen LogP contribution in [-0.2, 0) is 14.6 Å². The van der Waals surface area contributed by atoms with Crippen LogP contribution in [0.4, 0.5) is 0 Å². The Bertz CT molecular complexity index is 378. The Hall–Kier alpha value is -0.870. The zero-order valence-electron chi connectivity index (χ0n) is 8.36. The molecule has 0 saturated carbocycles. The topological polar surface area (TPSA) is 43.4 Å². The average Bonchev–Trinajstić information content (AvgIpc) is 2.16. The van der Waals surface area contributed by atoms with Crippen LogP contribution in [0.3, 0.4) is 0 Å². The van der Waals surface area contributed by atoms with Gasteiger partial charge in [-0.25, -0.2) is 8.42 Å². The summed E-state index contributed by atoms with van der Waals surface area (Å²) in [5.74, 6) is -0.243. The highest BCUT2D eigenvalue weighted by molar-refractivity contribution is 7.91. The van der Waals surface area contributed by atoms with Crippen molar-refractivity contribution >= 4 is 9.84 Å². The summed E-state index contributed by atoms with van der Waals surface area (Å²) < 4.78 is 28.0. The zero-order valence-corrected chi connectivity index (χ0v) is 9.17. The maximum absolute atomic E-state index is 11.6. The second kappa shape index (κ2) is 4.57. The van der Waals surface area contributed by atoms with Crippen molar-refractivity contribution < 1.29 is 13.2 Å². The van der Waals surface area contributed by atoms with E-state index in [4.69, 9.17) is 4.74 Å². The Morgan fingerprint density at radius 1 is 1.21 bits per heavy atom. The molecule has 3 nitrogen and oxygen atoms in total. The number of hydrogen-bond acceptors (Lipinski definition) is 3. The van der Waals surface area contributed by atoms with Crippen LogP contribution in [-0.4, -0.2) is 21.0 Å². The minimum absolute atomic E-state index is 0.243. The first-order chi connectivity index (χ1) is 6.56. The van der Waals surface area contributed by atoms with Gasteiger partial charge >= 0.3 is 0 Å². The highest BCUT2D eigenvalue weighted by Crippen LogP contribution is 2.11. The van der Waals surface area contributed by atoms with E-state index in [1.165, 1.54) is 0 Å². The summed E-state index contributed by atoms with van der Waals surface area (Å²) in [6.45, 7) is 4.09. The van der Waals surface area contributed by atoms with E-state index in [2.05, 4.69) is 0 Å². The lowest BCUT2D eigenvalue weighted by atomic mass is 10.2. The van der Waals surface area contributed by atoms with Crippen LogP contribution in [0, 0.1) is 6.92 Å². The van der Waals surface area contributed by atoms with Gasteiger partial charge in [-0.1, -0.05) is 17.7 Å². The molecule has 0 heterocycles. The van der Waals surface area contributed by atoms with Crippen LogP contribution in [0.25, 0.3) is 0 Å². The highest BCUT2D eigenvalue weighted by Gasteiger charge is 2.13.